The highest BCUT2D eigenvalue weighted by Crippen LogP contribution is 2.32. The van der Waals surface area contributed by atoms with Crippen molar-refractivity contribution in [3.8, 4) is 0 Å². The van der Waals surface area contributed by atoms with E-state index in [1.807, 2.05) is 20.8 Å². The molecule has 5 nitrogen and oxygen atoms in total. The number of hydrogen-bond acceptors (Lipinski definition) is 4. The van der Waals surface area contributed by atoms with Crippen LogP contribution in [0.5, 0.6) is 0 Å². The minimum Gasteiger partial charge on any atom is -0.444 e. The Morgan fingerprint density at radius 3 is 2.50 bits per heavy atom. The molecule has 5 heteroatoms. The Kier molecular flexibility index (Phi) is 4.91. The molecule has 0 radical (unpaired) electrons. The molecule has 0 atom stereocenters. The van der Waals surface area contributed by atoms with Crippen molar-refractivity contribution < 1.29 is 14.3 Å². The van der Waals surface area contributed by atoms with E-state index in [2.05, 4.69) is 10.3 Å². The monoisotopic (exact) mass is 254 g/mol. The van der Waals surface area contributed by atoms with Crippen LogP contribution in [-0.2, 0) is 9.53 Å². The first-order valence-electron chi connectivity index (χ1n) is 6.42. The van der Waals surface area contributed by atoms with Crippen LogP contribution in [0.3, 0.4) is 0 Å². The fourth-order valence-electron chi connectivity index (χ4n) is 2.32. The van der Waals surface area contributed by atoms with Crippen LogP contribution in [0.2, 0.25) is 0 Å². The largest absolute Gasteiger partial charge is 0.444 e. The number of carbonyl (C=O) groups is 1. The van der Waals surface area contributed by atoms with Gasteiger partial charge in [0, 0.05) is 5.54 Å². The fraction of sp³-hybridized carbons (Fsp3) is 0.846. The Hall–Kier alpha value is -1.35. The number of hydrogen-bond donors (Lipinski definition) is 1. The zero-order chi connectivity index (χ0) is 13.6. The second-order valence-corrected chi connectivity index (χ2v) is 5.84. The van der Waals surface area contributed by atoms with Gasteiger partial charge in [0.2, 0.25) is 6.08 Å². The number of isocyanates is 1. The van der Waals surface area contributed by atoms with Crippen molar-refractivity contribution in [1.29, 1.82) is 0 Å². The highest BCUT2D eigenvalue weighted by Gasteiger charge is 2.36. The lowest BCUT2D eigenvalue weighted by Crippen LogP contribution is -2.48. The van der Waals surface area contributed by atoms with E-state index in [0.717, 1.165) is 25.7 Å². The van der Waals surface area contributed by atoms with Crippen LogP contribution in [-0.4, -0.2) is 29.9 Å². The Bertz CT molecular complexity index is 335. The molecule has 102 valence electrons. The van der Waals surface area contributed by atoms with Crippen molar-refractivity contribution in [1.82, 2.24) is 5.32 Å². The fourth-order valence-corrected chi connectivity index (χ4v) is 2.32. The van der Waals surface area contributed by atoms with Crippen LogP contribution in [0.15, 0.2) is 4.99 Å². The van der Waals surface area contributed by atoms with Crippen molar-refractivity contribution in [2.45, 2.75) is 64.0 Å². The minimum atomic E-state index is -0.495. The second kappa shape index (κ2) is 6.01. The molecule has 0 aromatic rings. The van der Waals surface area contributed by atoms with Gasteiger partial charge in [0.1, 0.15) is 5.60 Å². The smallest absolute Gasteiger partial charge is 0.408 e. The van der Waals surface area contributed by atoms with Gasteiger partial charge >= 0.3 is 6.09 Å². The summed E-state index contributed by atoms with van der Waals surface area (Å²) in [5, 5.41) is 2.96. The maximum absolute atomic E-state index is 11.8. The molecule has 1 rings (SSSR count). The first kappa shape index (κ1) is 14.7. The van der Waals surface area contributed by atoms with Crippen molar-refractivity contribution in [3.05, 3.63) is 0 Å². The van der Waals surface area contributed by atoms with Gasteiger partial charge in [-0.25, -0.2) is 14.6 Å². The summed E-state index contributed by atoms with van der Waals surface area (Å²) >= 11 is 0. The van der Waals surface area contributed by atoms with Gasteiger partial charge in [0.15, 0.2) is 0 Å². The number of aliphatic imine (C=N–C) groups is 1. The van der Waals surface area contributed by atoms with E-state index in [1.54, 1.807) is 0 Å². The molecule has 1 aliphatic carbocycles. The van der Waals surface area contributed by atoms with Gasteiger partial charge in [0.25, 0.3) is 0 Å². The molecule has 1 aliphatic rings. The van der Waals surface area contributed by atoms with Gasteiger partial charge in [0.05, 0.1) is 6.54 Å². The van der Waals surface area contributed by atoms with Gasteiger partial charge in [-0.05, 0) is 40.0 Å². The Morgan fingerprint density at radius 1 is 1.39 bits per heavy atom. The summed E-state index contributed by atoms with van der Waals surface area (Å²) in [6, 6.07) is 0. The minimum absolute atomic E-state index is 0.261. The Labute approximate surface area is 108 Å². The summed E-state index contributed by atoms with van der Waals surface area (Å²) in [6.45, 7) is 5.92. The van der Waals surface area contributed by atoms with Crippen molar-refractivity contribution in [2.75, 3.05) is 6.54 Å². The average molecular weight is 254 g/mol. The molecule has 0 aromatic heterocycles. The lowest BCUT2D eigenvalue weighted by molar-refractivity contribution is 0.0452. The lowest BCUT2D eigenvalue weighted by Gasteiger charge is -2.31. The predicted molar refractivity (Wildman–Crippen MR) is 68.2 cm³/mol. The van der Waals surface area contributed by atoms with E-state index in [0.29, 0.717) is 13.0 Å². The standard InChI is InChI=1S/C13H22N2O3/c1-12(2,3)18-11(17)15-13(6-4-5-7-13)8-9-14-10-16/h4-9H2,1-3H3,(H,15,17). The number of carbonyl (C=O) groups excluding carboxylic acids is 2. The van der Waals surface area contributed by atoms with E-state index < -0.39 is 5.60 Å². The third kappa shape index (κ3) is 4.88. The SMILES string of the molecule is CC(C)(C)OC(=O)NC1(CCN=C=O)CCCC1. The van der Waals surface area contributed by atoms with Gasteiger partial charge in [-0.3, -0.25) is 0 Å². The van der Waals surface area contributed by atoms with Crippen LogP contribution < -0.4 is 5.32 Å². The van der Waals surface area contributed by atoms with E-state index in [1.165, 1.54) is 6.08 Å². The zero-order valence-electron chi connectivity index (χ0n) is 11.4. The third-order valence-electron chi connectivity index (χ3n) is 3.09. The van der Waals surface area contributed by atoms with Crippen LogP contribution in [0, 0.1) is 0 Å². The molecular weight excluding hydrogens is 232 g/mol. The number of rotatable bonds is 4. The molecule has 0 unspecified atom stereocenters. The Balaban J connectivity index is 2.56. The first-order valence-corrected chi connectivity index (χ1v) is 6.42. The van der Waals surface area contributed by atoms with Gasteiger partial charge in [-0.2, -0.15) is 0 Å². The lowest BCUT2D eigenvalue weighted by atomic mass is 9.93. The van der Waals surface area contributed by atoms with Crippen molar-refractivity contribution in [2.24, 2.45) is 4.99 Å². The molecule has 1 amide bonds. The number of nitrogens with one attached hydrogen (secondary N) is 1. The highest BCUT2D eigenvalue weighted by molar-refractivity contribution is 5.68. The quantitative estimate of drug-likeness (QED) is 0.619. The maximum Gasteiger partial charge on any atom is 0.408 e. The summed E-state index contributed by atoms with van der Waals surface area (Å²) in [5.74, 6) is 0. The zero-order valence-corrected chi connectivity index (χ0v) is 11.4. The van der Waals surface area contributed by atoms with E-state index >= 15 is 0 Å². The molecule has 1 saturated carbocycles. The predicted octanol–water partition coefficient (Wildman–Crippen LogP) is 2.55. The summed E-state index contributed by atoms with van der Waals surface area (Å²) in [6.07, 6.45) is 5.81. The maximum atomic E-state index is 11.8. The topological polar surface area (TPSA) is 67.8 Å². The van der Waals surface area contributed by atoms with E-state index in [4.69, 9.17) is 4.74 Å². The molecule has 1 N–H and O–H groups in total. The van der Waals surface area contributed by atoms with E-state index in [-0.39, 0.29) is 11.6 Å². The molecular formula is C13H22N2O3. The molecule has 0 spiro atoms. The number of nitrogens with zero attached hydrogens (tertiary/aromatic N) is 1. The van der Waals surface area contributed by atoms with Crippen LogP contribution in [0.4, 0.5) is 4.79 Å². The van der Waals surface area contributed by atoms with E-state index in [9.17, 15) is 9.59 Å². The normalized spacial score (nSPS) is 17.9. The van der Waals surface area contributed by atoms with Crippen molar-refractivity contribution >= 4 is 12.2 Å². The van der Waals surface area contributed by atoms with Crippen LogP contribution in [0.25, 0.3) is 0 Å². The molecule has 0 aliphatic heterocycles. The molecule has 1 fully saturated rings. The van der Waals surface area contributed by atoms with Gasteiger partial charge < -0.3 is 10.1 Å². The number of ether oxygens (including phenoxy) is 1. The summed E-state index contributed by atoms with van der Waals surface area (Å²) in [4.78, 5) is 25.5. The van der Waals surface area contributed by atoms with Gasteiger partial charge in [-0.1, -0.05) is 12.8 Å². The van der Waals surface area contributed by atoms with Crippen LogP contribution in [0.1, 0.15) is 52.9 Å². The molecule has 0 heterocycles. The molecule has 0 saturated heterocycles. The highest BCUT2D eigenvalue weighted by atomic mass is 16.6. The number of alkyl carbamates (subject to hydrolysis) is 1. The number of amides is 1. The molecule has 18 heavy (non-hydrogen) atoms. The average Bonchev–Trinajstić information content (AvgIpc) is 2.64. The molecule has 0 aromatic carbocycles. The summed E-state index contributed by atoms with van der Waals surface area (Å²) < 4.78 is 5.27. The Morgan fingerprint density at radius 2 is 2.00 bits per heavy atom. The first-order chi connectivity index (χ1) is 8.37. The van der Waals surface area contributed by atoms with Gasteiger partial charge in [-0.15, -0.1) is 0 Å². The second-order valence-electron chi connectivity index (χ2n) is 5.84. The van der Waals surface area contributed by atoms with Crippen molar-refractivity contribution in [3.63, 3.8) is 0 Å². The third-order valence-corrected chi connectivity index (χ3v) is 3.09. The molecule has 0 bridgehead atoms. The van der Waals surface area contributed by atoms with Crippen LogP contribution >= 0.6 is 0 Å². The summed E-state index contributed by atoms with van der Waals surface area (Å²) in [7, 11) is 0. The summed E-state index contributed by atoms with van der Waals surface area (Å²) in [5.41, 5.74) is -0.756.